The first-order chi connectivity index (χ1) is 10.9. The minimum Gasteiger partial charge on any atom is -0.340 e. The lowest BCUT2D eigenvalue weighted by Gasteiger charge is -2.19. The molecule has 1 heterocycles. The number of nitrogens with zero attached hydrogens (tertiary/aromatic N) is 2. The van der Waals surface area contributed by atoms with Gasteiger partial charge in [0.1, 0.15) is 6.04 Å². The van der Waals surface area contributed by atoms with Crippen molar-refractivity contribution in [2.75, 3.05) is 0 Å². The maximum atomic E-state index is 12.4. The van der Waals surface area contributed by atoms with E-state index in [2.05, 4.69) is 10.3 Å². The van der Waals surface area contributed by atoms with E-state index in [1.807, 2.05) is 51.5 Å². The van der Waals surface area contributed by atoms with Crippen LogP contribution in [0.1, 0.15) is 29.8 Å². The van der Waals surface area contributed by atoms with Gasteiger partial charge in [-0.2, -0.15) is 4.99 Å². The van der Waals surface area contributed by atoms with Gasteiger partial charge in [-0.25, -0.2) is 0 Å². The van der Waals surface area contributed by atoms with Crippen molar-refractivity contribution in [3.8, 4) is 0 Å². The number of carbonyl (C=O) groups is 2. The number of carbonyl (C=O) groups excluding carboxylic acids is 2. The van der Waals surface area contributed by atoms with Gasteiger partial charge in [-0.3, -0.25) is 9.59 Å². The summed E-state index contributed by atoms with van der Waals surface area (Å²) >= 11 is 1.39. The summed E-state index contributed by atoms with van der Waals surface area (Å²) in [7, 11) is 1.83. The molecule has 23 heavy (non-hydrogen) atoms. The SMILES string of the molecule is Cc1ccc(C(=O)NC(C(=O)N=c2sccn2C)C(C)C)cc1. The summed E-state index contributed by atoms with van der Waals surface area (Å²) in [5, 5.41) is 4.66. The zero-order chi connectivity index (χ0) is 17.0. The fraction of sp³-hybridized carbons (Fsp3) is 0.353. The van der Waals surface area contributed by atoms with Gasteiger partial charge >= 0.3 is 0 Å². The van der Waals surface area contributed by atoms with Gasteiger partial charge in [0.05, 0.1) is 0 Å². The predicted molar refractivity (Wildman–Crippen MR) is 91.1 cm³/mol. The molecule has 0 fully saturated rings. The summed E-state index contributed by atoms with van der Waals surface area (Å²) in [6.45, 7) is 5.74. The van der Waals surface area contributed by atoms with E-state index >= 15 is 0 Å². The van der Waals surface area contributed by atoms with Crippen molar-refractivity contribution < 1.29 is 9.59 Å². The number of hydrogen-bond donors (Lipinski definition) is 1. The number of benzene rings is 1. The van der Waals surface area contributed by atoms with Crippen molar-refractivity contribution in [3.63, 3.8) is 0 Å². The molecule has 1 unspecified atom stereocenters. The Bertz CT molecular complexity index is 757. The Morgan fingerprint density at radius 3 is 2.39 bits per heavy atom. The highest BCUT2D eigenvalue weighted by atomic mass is 32.1. The molecule has 0 saturated carbocycles. The van der Waals surface area contributed by atoms with Crippen LogP contribution in [0.3, 0.4) is 0 Å². The number of thiazole rings is 1. The van der Waals surface area contributed by atoms with Gasteiger partial charge in [-0.05, 0) is 25.0 Å². The molecule has 6 heteroatoms. The lowest BCUT2D eigenvalue weighted by atomic mass is 10.0. The molecule has 0 aliphatic carbocycles. The Labute approximate surface area is 139 Å². The third-order valence-corrected chi connectivity index (χ3v) is 4.35. The molecular formula is C17H21N3O2S. The van der Waals surface area contributed by atoms with Gasteiger partial charge in [0.2, 0.25) is 0 Å². The number of rotatable bonds is 4. The van der Waals surface area contributed by atoms with E-state index in [0.717, 1.165) is 5.56 Å². The van der Waals surface area contributed by atoms with Crippen molar-refractivity contribution in [1.82, 2.24) is 9.88 Å². The van der Waals surface area contributed by atoms with Crippen LogP contribution in [0.2, 0.25) is 0 Å². The molecule has 1 aromatic carbocycles. The number of aryl methyl sites for hydroxylation is 2. The highest BCUT2D eigenvalue weighted by Gasteiger charge is 2.24. The largest absolute Gasteiger partial charge is 0.340 e. The van der Waals surface area contributed by atoms with Crippen molar-refractivity contribution in [2.45, 2.75) is 26.8 Å². The molecule has 0 spiro atoms. The summed E-state index contributed by atoms with van der Waals surface area (Å²) in [6, 6.07) is 6.60. The summed E-state index contributed by atoms with van der Waals surface area (Å²) in [5.41, 5.74) is 1.62. The Hall–Kier alpha value is -2.21. The van der Waals surface area contributed by atoms with Gasteiger partial charge in [0.25, 0.3) is 11.8 Å². The van der Waals surface area contributed by atoms with Crippen molar-refractivity contribution in [1.29, 1.82) is 0 Å². The first kappa shape index (κ1) is 17.1. The van der Waals surface area contributed by atoms with Gasteiger partial charge < -0.3 is 9.88 Å². The second-order valence-electron chi connectivity index (χ2n) is 5.81. The van der Waals surface area contributed by atoms with E-state index in [-0.39, 0.29) is 17.7 Å². The first-order valence-electron chi connectivity index (χ1n) is 7.44. The fourth-order valence-corrected chi connectivity index (χ4v) is 2.78. The zero-order valence-electron chi connectivity index (χ0n) is 13.7. The van der Waals surface area contributed by atoms with E-state index in [0.29, 0.717) is 10.4 Å². The van der Waals surface area contributed by atoms with Crippen LogP contribution in [0.5, 0.6) is 0 Å². The molecule has 1 atom stereocenters. The van der Waals surface area contributed by atoms with Gasteiger partial charge in [0.15, 0.2) is 4.80 Å². The van der Waals surface area contributed by atoms with Gasteiger partial charge in [-0.15, -0.1) is 11.3 Å². The van der Waals surface area contributed by atoms with E-state index in [1.165, 1.54) is 11.3 Å². The van der Waals surface area contributed by atoms with Crippen LogP contribution in [-0.4, -0.2) is 22.4 Å². The minimum absolute atomic E-state index is 0.0501. The van der Waals surface area contributed by atoms with Gasteiger partial charge in [0, 0.05) is 24.2 Å². The second-order valence-corrected chi connectivity index (χ2v) is 6.68. The maximum absolute atomic E-state index is 12.4. The third kappa shape index (κ3) is 4.39. The van der Waals surface area contributed by atoms with E-state index < -0.39 is 6.04 Å². The van der Waals surface area contributed by atoms with Crippen molar-refractivity contribution in [2.24, 2.45) is 18.0 Å². The molecule has 5 nitrogen and oxygen atoms in total. The van der Waals surface area contributed by atoms with Gasteiger partial charge in [-0.1, -0.05) is 31.5 Å². The van der Waals surface area contributed by atoms with Crippen molar-refractivity contribution in [3.05, 3.63) is 51.8 Å². The number of amides is 2. The van der Waals surface area contributed by atoms with Crippen molar-refractivity contribution >= 4 is 23.2 Å². The summed E-state index contributed by atoms with van der Waals surface area (Å²) in [6.07, 6.45) is 1.84. The normalized spacial score (nSPS) is 13.2. The van der Waals surface area contributed by atoms with Crippen LogP contribution in [0.4, 0.5) is 0 Å². The number of nitrogens with one attached hydrogen (secondary N) is 1. The van der Waals surface area contributed by atoms with Crippen LogP contribution >= 0.6 is 11.3 Å². The summed E-state index contributed by atoms with van der Waals surface area (Å²) in [4.78, 5) is 29.5. The summed E-state index contributed by atoms with van der Waals surface area (Å²) in [5.74, 6) is -0.646. The van der Waals surface area contributed by atoms with Crippen LogP contribution in [-0.2, 0) is 11.8 Å². The molecule has 1 N–H and O–H groups in total. The topological polar surface area (TPSA) is 63.5 Å². The molecule has 0 saturated heterocycles. The van der Waals surface area contributed by atoms with Crippen LogP contribution in [0, 0.1) is 12.8 Å². The lowest BCUT2D eigenvalue weighted by molar-refractivity contribution is -0.120. The highest BCUT2D eigenvalue weighted by Crippen LogP contribution is 2.08. The second kappa shape index (κ2) is 7.37. The first-order valence-corrected chi connectivity index (χ1v) is 8.32. The Kier molecular flexibility index (Phi) is 5.50. The number of aromatic nitrogens is 1. The Balaban J connectivity index is 2.19. The lowest BCUT2D eigenvalue weighted by Crippen LogP contribution is -2.44. The maximum Gasteiger partial charge on any atom is 0.271 e. The highest BCUT2D eigenvalue weighted by molar-refractivity contribution is 7.07. The standard InChI is InChI=1S/C17H21N3O2S/c1-11(2)14(16(22)19-17-20(4)9-10-23-17)18-15(21)13-7-5-12(3)6-8-13/h5-11,14H,1-4H3,(H,18,21). The molecule has 2 amide bonds. The van der Waals surface area contributed by atoms with Crippen LogP contribution in [0.15, 0.2) is 40.8 Å². The Morgan fingerprint density at radius 1 is 1.22 bits per heavy atom. The van der Waals surface area contributed by atoms with E-state index in [1.54, 1.807) is 16.7 Å². The molecule has 2 aromatic rings. The monoisotopic (exact) mass is 331 g/mol. The predicted octanol–water partition coefficient (Wildman–Crippen LogP) is 2.28. The van der Waals surface area contributed by atoms with E-state index in [4.69, 9.17) is 0 Å². The van der Waals surface area contributed by atoms with E-state index in [9.17, 15) is 9.59 Å². The fourth-order valence-electron chi connectivity index (χ4n) is 2.04. The molecule has 2 rings (SSSR count). The van der Waals surface area contributed by atoms with Crippen LogP contribution in [0.25, 0.3) is 0 Å². The molecular weight excluding hydrogens is 310 g/mol. The molecule has 0 aliphatic rings. The minimum atomic E-state index is -0.647. The molecule has 1 aromatic heterocycles. The number of hydrogen-bond acceptors (Lipinski definition) is 3. The Morgan fingerprint density at radius 2 is 1.87 bits per heavy atom. The average Bonchev–Trinajstić information content (AvgIpc) is 2.90. The average molecular weight is 331 g/mol. The summed E-state index contributed by atoms with van der Waals surface area (Å²) < 4.78 is 1.78. The zero-order valence-corrected chi connectivity index (χ0v) is 14.6. The molecule has 0 bridgehead atoms. The molecule has 0 aliphatic heterocycles. The third-order valence-electron chi connectivity index (χ3n) is 3.50. The molecule has 0 radical (unpaired) electrons. The van der Waals surface area contributed by atoms with Crippen LogP contribution < -0.4 is 10.1 Å². The smallest absolute Gasteiger partial charge is 0.271 e. The molecule has 122 valence electrons. The quantitative estimate of drug-likeness (QED) is 0.934.